The third kappa shape index (κ3) is 1.17. The van der Waals surface area contributed by atoms with Crippen molar-refractivity contribution in [3.8, 4) is 0 Å². The van der Waals surface area contributed by atoms with Crippen molar-refractivity contribution in [1.82, 2.24) is 0 Å². The normalized spacial score (nSPS) is 43.9. The van der Waals surface area contributed by atoms with Crippen LogP contribution in [-0.2, 0) is 4.74 Å². The summed E-state index contributed by atoms with van der Waals surface area (Å²) < 4.78 is 5.97. The molecule has 0 aromatic carbocycles. The fourth-order valence-corrected chi connectivity index (χ4v) is 4.01. The first kappa shape index (κ1) is 9.17. The van der Waals surface area contributed by atoms with Crippen molar-refractivity contribution in [2.24, 2.45) is 17.1 Å². The number of fused-ring (bicyclic) bond motifs is 2. The lowest BCUT2D eigenvalue weighted by Gasteiger charge is -2.49. The first-order valence-corrected chi connectivity index (χ1v) is 6.20. The SMILES string of the molecule is NCCC1(C2CC3CCC2O3)CCC1. The molecule has 0 aromatic rings. The third-order valence-electron chi connectivity index (χ3n) is 4.88. The average molecular weight is 195 g/mol. The predicted molar refractivity (Wildman–Crippen MR) is 56.0 cm³/mol. The van der Waals surface area contributed by atoms with Gasteiger partial charge in [0.2, 0.25) is 0 Å². The molecule has 2 heterocycles. The molecule has 2 bridgehead atoms. The minimum Gasteiger partial charge on any atom is -0.375 e. The van der Waals surface area contributed by atoms with Crippen LogP contribution in [0.2, 0.25) is 0 Å². The minimum atomic E-state index is 0.604. The van der Waals surface area contributed by atoms with E-state index < -0.39 is 0 Å². The van der Waals surface area contributed by atoms with Crippen LogP contribution >= 0.6 is 0 Å². The summed E-state index contributed by atoms with van der Waals surface area (Å²) in [5.74, 6) is 0.860. The van der Waals surface area contributed by atoms with Crippen molar-refractivity contribution in [2.75, 3.05) is 6.54 Å². The molecule has 3 rings (SSSR count). The van der Waals surface area contributed by atoms with Gasteiger partial charge in [-0.3, -0.25) is 0 Å². The summed E-state index contributed by atoms with van der Waals surface area (Å²) in [7, 11) is 0. The molecule has 3 unspecified atom stereocenters. The van der Waals surface area contributed by atoms with Crippen molar-refractivity contribution in [3.05, 3.63) is 0 Å². The molecule has 3 fully saturated rings. The van der Waals surface area contributed by atoms with Gasteiger partial charge in [-0.25, -0.2) is 0 Å². The van der Waals surface area contributed by atoms with E-state index in [0.29, 0.717) is 17.6 Å². The van der Waals surface area contributed by atoms with E-state index in [1.807, 2.05) is 0 Å². The summed E-state index contributed by atoms with van der Waals surface area (Å²) in [4.78, 5) is 0. The second kappa shape index (κ2) is 3.21. The van der Waals surface area contributed by atoms with Crippen molar-refractivity contribution in [3.63, 3.8) is 0 Å². The van der Waals surface area contributed by atoms with E-state index in [2.05, 4.69) is 0 Å². The molecule has 0 spiro atoms. The van der Waals surface area contributed by atoms with Gasteiger partial charge in [0, 0.05) is 0 Å². The number of nitrogens with two attached hydrogens (primary N) is 1. The second-order valence-corrected chi connectivity index (χ2v) is 5.47. The summed E-state index contributed by atoms with van der Waals surface area (Å²) in [6, 6.07) is 0. The lowest BCUT2D eigenvalue weighted by atomic mass is 9.56. The molecule has 2 aliphatic heterocycles. The maximum Gasteiger partial charge on any atom is 0.0614 e. The van der Waals surface area contributed by atoms with Crippen LogP contribution in [0, 0.1) is 11.3 Å². The van der Waals surface area contributed by atoms with E-state index in [0.717, 1.165) is 12.5 Å². The third-order valence-corrected chi connectivity index (χ3v) is 4.88. The zero-order chi connectivity index (χ0) is 9.60. The Morgan fingerprint density at radius 3 is 2.57 bits per heavy atom. The van der Waals surface area contributed by atoms with Gasteiger partial charge in [-0.2, -0.15) is 0 Å². The molecule has 0 radical (unpaired) electrons. The molecule has 3 aliphatic rings. The maximum atomic E-state index is 5.97. The maximum absolute atomic E-state index is 5.97. The summed E-state index contributed by atoms with van der Waals surface area (Å²) in [6.45, 7) is 0.869. The average Bonchev–Trinajstić information content (AvgIpc) is 2.72. The lowest BCUT2D eigenvalue weighted by molar-refractivity contribution is -0.00536. The Morgan fingerprint density at radius 1 is 1.29 bits per heavy atom. The Labute approximate surface area is 86.2 Å². The van der Waals surface area contributed by atoms with Gasteiger partial charge < -0.3 is 10.5 Å². The molecule has 1 aliphatic carbocycles. The Kier molecular flexibility index (Phi) is 2.10. The minimum absolute atomic E-state index is 0.604. The number of hydrogen-bond donors (Lipinski definition) is 1. The quantitative estimate of drug-likeness (QED) is 0.748. The Balaban J connectivity index is 1.74. The molecule has 0 amide bonds. The summed E-state index contributed by atoms with van der Waals surface area (Å²) >= 11 is 0. The highest BCUT2D eigenvalue weighted by Crippen LogP contribution is 2.57. The summed E-state index contributed by atoms with van der Waals surface area (Å²) in [5.41, 5.74) is 6.35. The predicted octanol–water partition coefficient (Wildman–Crippen LogP) is 2.07. The highest BCUT2D eigenvalue weighted by atomic mass is 16.5. The van der Waals surface area contributed by atoms with Gasteiger partial charge in [-0.15, -0.1) is 0 Å². The van der Waals surface area contributed by atoms with E-state index in [4.69, 9.17) is 10.5 Å². The monoisotopic (exact) mass is 195 g/mol. The topological polar surface area (TPSA) is 35.2 Å². The first-order valence-electron chi connectivity index (χ1n) is 6.20. The van der Waals surface area contributed by atoms with Gasteiger partial charge in [-0.1, -0.05) is 6.42 Å². The largest absolute Gasteiger partial charge is 0.375 e. The second-order valence-electron chi connectivity index (χ2n) is 5.47. The Bertz CT molecular complexity index is 224. The van der Waals surface area contributed by atoms with Crippen LogP contribution in [0.15, 0.2) is 0 Å². The van der Waals surface area contributed by atoms with Crippen LogP contribution in [0.25, 0.3) is 0 Å². The summed E-state index contributed by atoms with van der Waals surface area (Å²) in [5, 5.41) is 0. The van der Waals surface area contributed by atoms with Gasteiger partial charge in [0.05, 0.1) is 12.2 Å². The van der Waals surface area contributed by atoms with Crippen molar-refractivity contribution in [1.29, 1.82) is 0 Å². The van der Waals surface area contributed by atoms with Crippen LogP contribution in [0.4, 0.5) is 0 Å². The van der Waals surface area contributed by atoms with E-state index >= 15 is 0 Å². The highest BCUT2D eigenvalue weighted by Gasteiger charge is 2.53. The molecule has 14 heavy (non-hydrogen) atoms. The van der Waals surface area contributed by atoms with E-state index in [9.17, 15) is 0 Å². The smallest absolute Gasteiger partial charge is 0.0614 e. The van der Waals surface area contributed by atoms with E-state index in [1.54, 1.807) is 0 Å². The van der Waals surface area contributed by atoms with Crippen LogP contribution < -0.4 is 5.73 Å². The van der Waals surface area contributed by atoms with Gasteiger partial charge in [0.25, 0.3) is 0 Å². The number of ether oxygens (including phenoxy) is 1. The molecule has 2 saturated heterocycles. The number of rotatable bonds is 3. The standard InChI is InChI=1S/C12H21NO/c13-7-6-12(4-1-5-12)10-8-9-2-3-11(10)14-9/h9-11H,1-8,13H2. The Hall–Kier alpha value is -0.0800. The van der Waals surface area contributed by atoms with Crippen molar-refractivity contribution >= 4 is 0 Å². The molecular weight excluding hydrogens is 174 g/mol. The molecule has 1 saturated carbocycles. The molecule has 2 heteroatoms. The lowest BCUT2D eigenvalue weighted by Crippen LogP contribution is -2.43. The molecule has 80 valence electrons. The van der Waals surface area contributed by atoms with Crippen molar-refractivity contribution < 1.29 is 4.74 Å². The zero-order valence-electron chi connectivity index (χ0n) is 8.87. The van der Waals surface area contributed by atoms with Crippen LogP contribution in [0.3, 0.4) is 0 Å². The molecule has 2 nitrogen and oxygen atoms in total. The van der Waals surface area contributed by atoms with Crippen LogP contribution in [-0.4, -0.2) is 18.8 Å². The van der Waals surface area contributed by atoms with Crippen LogP contribution in [0.1, 0.15) is 44.9 Å². The van der Waals surface area contributed by atoms with Crippen molar-refractivity contribution in [2.45, 2.75) is 57.2 Å². The fourth-order valence-electron chi connectivity index (χ4n) is 4.01. The molecule has 2 N–H and O–H groups in total. The Morgan fingerprint density at radius 2 is 2.14 bits per heavy atom. The first-order chi connectivity index (χ1) is 6.84. The number of hydrogen-bond acceptors (Lipinski definition) is 2. The highest BCUT2D eigenvalue weighted by molar-refractivity contribution is 5.02. The van der Waals surface area contributed by atoms with Crippen LogP contribution in [0.5, 0.6) is 0 Å². The molecule has 3 atom stereocenters. The molecular formula is C12H21NO. The van der Waals surface area contributed by atoms with E-state index in [-0.39, 0.29) is 0 Å². The van der Waals surface area contributed by atoms with Gasteiger partial charge in [0.1, 0.15) is 0 Å². The summed E-state index contributed by atoms with van der Waals surface area (Å²) in [6.07, 6.45) is 10.7. The van der Waals surface area contributed by atoms with Gasteiger partial charge >= 0.3 is 0 Å². The molecule has 0 aromatic heterocycles. The fraction of sp³-hybridized carbons (Fsp3) is 1.00. The van der Waals surface area contributed by atoms with Gasteiger partial charge in [0.15, 0.2) is 0 Å². The zero-order valence-corrected chi connectivity index (χ0v) is 8.87. The van der Waals surface area contributed by atoms with Gasteiger partial charge in [-0.05, 0) is 56.4 Å². The van der Waals surface area contributed by atoms with E-state index in [1.165, 1.54) is 44.9 Å².